The van der Waals surface area contributed by atoms with Crippen LogP contribution in [0.5, 0.6) is 0 Å². The number of hydrogen-bond acceptors (Lipinski definition) is 4. The van der Waals surface area contributed by atoms with Gasteiger partial charge in [-0.3, -0.25) is 4.72 Å². The first-order valence-electron chi connectivity index (χ1n) is 8.29. The zero-order valence-electron chi connectivity index (χ0n) is 14.3. The Hall–Kier alpha value is -1.89. The van der Waals surface area contributed by atoms with Gasteiger partial charge in [0.15, 0.2) is 0 Å². The summed E-state index contributed by atoms with van der Waals surface area (Å²) in [6, 6.07) is 14.9. The summed E-state index contributed by atoms with van der Waals surface area (Å²) in [5.41, 5.74) is 3.39. The van der Waals surface area contributed by atoms with Gasteiger partial charge in [0.2, 0.25) is 10.0 Å². The number of nitrogens with zero attached hydrogens (tertiary/aromatic N) is 1. The number of unbranched alkanes of at least 4 members (excludes halogenated alkanes) is 1. The van der Waals surface area contributed by atoms with E-state index < -0.39 is 10.0 Å². The van der Waals surface area contributed by atoms with E-state index in [0.29, 0.717) is 17.1 Å². The van der Waals surface area contributed by atoms with Crippen molar-refractivity contribution in [3.8, 4) is 21.8 Å². The number of halogens is 1. The van der Waals surface area contributed by atoms with Crippen molar-refractivity contribution in [3.05, 3.63) is 58.9 Å². The maximum Gasteiger partial charge on any atom is 0.232 e. The Labute approximate surface area is 162 Å². The molecule has 1 aromatic heterocycles. The SMILES string of the molecule is CCCCS(=O)(=O)Nc1ccc(-c2csc(-c3ccc(Cl)cc3)n2)cc1. The number of anilines is 1. The molecular weight excluding hydrogens is 388 g/mol. The molecule has 0 unspecified atom stereocenters. The molecule has 3 rings (SSSR count). The minimum absolute atomic E-state index is 0.141. The number of thiazole rings is 1. The molecule has 0 fully saturated rings. The van der Waals surface area contributed by atoms with Crippen molar-refractivity contribution >= 4 is 38.6 Å². The normalized spacial score (nSPS) is 11.5. The predicted molar refractivity (Wildman–Crippen MR) is 110 cm³/mol. The van der Waals surface area contributed by atoms with Crippen LogP contribution in [0.2, 0.25) is 5.02 Å². The van der Waals surface area contributed by atoms with Crippen molar-refractivity contribution < 1.29 is 8.42 Å². The molecule has 0 spiro atoms. The van der Waals surface area contributed by atoms with Crippen LogP contribution in [0.1, 0.15) is 19.8 Å². The highest BCUT2D eigenvalue weighted by molar-refractivity contribution is 7.92. The molecule has 4 nitrogen and oxygen atoms in total. The fraction of sp³-hybridized carbons (Fsp3) is 0.211. The van der Waals surface area contributed by atoms with Gasteiger partial charge in [0.1, 0.15) is 5.01 Å². The number of rotatable bonds is 7. The van der Waals surface area contributed by atoms with Crippen LogP contribution in [0.3, 0.4) is 0 Å². The molecule has 0 amide bonds. The third kappa shape index (κ3) is 4.84. The van der Waals surface area contributed by atoms with Crippen LogP contribution in [0.25, 0.3) is 21.8 Å². The van der Waals surface area contributed by atoms with Crippen molar-refractivity contribution in [2.75, 3.05) is 10.5 Å². The second-order valence-corrected chi connectivity index (χ2v) is 9.03. The summed E-state index contributed by atoms with van der Waals surface area (Å²) in [5.74, 6) is 0.141. The Morgan fingerprint density at radius 1 is 1.04 bits per heavy atom. The largest absolute Gasteiger partial charge is 0.284 e. The van der Waals surface area contributed by atoms with Crippen molar-refractivity contribution in [2.24, 2.45) is 0 Å². The molecular formula is C19H19ClN2O2S2. The minimum Gasteiger partial charge on any atom is -0.284 e. The molecule has 0 aliphatic heterocycles. The molecule has 0 saturated carbocycles. The molecule has 0 atom stereocenters. The molecule has 1 heterocycles. The van der Waals surface area contributed by atoms with Crippen LogP contribution in [0.4, 0.5) is 5.69 Å². The molecule has 26 heavy (non-hydrogen) atoms. The van der Waals surface area contributed by atoms with Gasteiger partial charge in [-0.15, -0.1) is 11.3 Å². The van der Waals surface area contributed by atoms with Crippen molar-refractivity contribution in [1.82, 2.24) is 4.98 Å². The van der Waals surface area contributed by atoms with Crippen LogP contribution in [-0.4, -0.2) is 19.2 Å². The van der Waals surface area contributed by atoms with E-state index in [1.807, 2.05) is 48.7 Å². The zero-order chi connectivity index (χ0) is 18.6. The van der Waals surface area contributed by atoms with E-state index in [0.717, 1.165) is 28.2 Å². The molecule has 7 heteroatoms. The second-order valence-electron chi connectivity index (χ2n) is 5.90. The number of aromatic nitrogens is 1. The van der Waals surface area contributed by atoms with Crippen molar-refractivity contribution in [2.45, 2.75) is 19.8 Å². The number of sulfonamides is 1. The lowest BCUT2D eigenvalue weighted by atomic mass is 10.1. The summed E-state index contributed by atoms with van der Waals surface area (Å²) in [7, 11) is -3.28. The molecule has 136 valence electrons. The van der Waals surface area contributed by atoms with Gasteiger partial charge in [-0.25, -0.2) is 13.4 Å². The minimum atomic E-state index is -3.28. The fourth-order valence-electron chi connectivity index (χ4n) is 2.41. The Kier molecular flexibility index (Phi) is 5.96. The smallest absolute Gasteiger partial charge is 0.232 e. The van der Waals surface area contributed by atoms with Gasteiger partial charge < -0.3 is 0 Å². The van der Waals surface area contributed by atoms with Crippen molar-refractivity contribution in [1.29, 1.82) is 0 Å². The van der Waals surface area contributed by atoms with Gasteiger partial charge in [-0.2, -0.15) is 0 Å². The van der Waals surface area contributed by atoms with Gasteiger partial charge >= 0.3 is 0 Å². The Balaban J connectivity index is 1.74. The predicted octanol–water partition coefficient (Wildman–Crippen LogP) is 5.67. The molecule has 0 aliphatic rings. The first kappa shape index (κ1) is 18.9. The van der Waals surface area contributed by atoms with E-state index in [2.05, 4.69) is 9.71 Å². The molecule has 0 bridgehead atoms. The highest BCUT2D eigenvalue weighted by atomic mass is 35.5. The van der Waals surface area contributed by atoms with Crippen LogP contribution >= 0.6 is 22.9 Å². The summed E-state index contributed by atoms with van der Waals surface area (Å²) in [5, 5.41) is 3.60. The highest BCUT2D eigenvalue weighted by Crippen LogP contribution is 2.30. The average Bonchev–Trinajstić information content (AvgIpc) is 3.11. The molecule has 0 saturated heterocycles. The van der Waals surface area contributed by atoms with E-state index in [1.54, 1.807) is 23.5 Å². The van der Waals surface area contributed by atoms with Gasteiger partial charge in [0.25, 0.3) is 0 Å². The first-order valence-corrected chi connectivity index (χ1v) is 11.2. The molecule has 3 aromatic rings. The Bertz CT molecular complexity index is 966. The quantitative estimate of drug-likeness (QED) is 0.549. The molecule has 1 N–H and O–H groups in total. The van der Waals surface area contributed by atoms with E-state index in [4.69, 9.17) is 11.6 Å². The van der Waals surface area contributed by atoms with Crippen LogP contribution in [0, 0.1) is 0 Å². The Morgan fingerprint density at radius 3 is 2.35 bits per heavy atom. The lowest BCUT2D eigenvalue weighted by molar-refractivity contribution is 0.598. The number of nitrogens with one attached hydrogen (secondary N) is 1. The molecule has 0 radical (unpaired) electrons. The lowest BCUT2D eigenvalue weighted by Gasteiger charge is -2.07. The van der Waals surface area contributed by atoms with Gasteiger partial charge in [-0.05, 0) is 30.7 Å². The highest BCUT2D eigenvalue weighted by Gasteiger charge is 2.11. The standard InChI is InChI=1S/C19H19ClN2O2S2/c1-2-3-12-26(23,24)22-17-10-6-14(7-11-17)18-13-25-19(21-18)15-4-8-16(20)9-5-15/h4-11,13,22H,2-3,12H2,1H3. The number of hydrogen-bond donors (Lipinski definition) is 1. The van der Waals surface area contributed by atoms with E-state index >= 15 is 0 Å². The van der Waals surface area contributed by atoms with Gasteiger partial charge in [-0.1, -0.05) is 49.2 Å². The summed E-state index contributed by atoms with van der Waals surface area (Å²) in [6.45, 7) is 1.97. The zero-order valence-corrected chi connectivity index (χ0v) is 16.7. The average molecular weight is 407 g/mol. The van der Waals surface area contributed by atoms with Gasteiger partial charge in [0.05, 0.1) is 11.4 Å². The second kappa shape index (κ2) is 8.20. The van der Waals surface area contributed by atoms with Crippen LogP contribution < -0.4 is 4.72 Å². The third-order valence-electron chi connectivity index (χ3n) is 3.82. The van der Waals surface area contributed by atoms with Crippen LogP contribution in [-0.2, 0) is 10.0 Å². The van der Waals surface area contributed by atoms with Crippen molar-refractivity contribution in [3.63, 3.8) is 0 Å². The maximum atomic E-state index is 12.0. The molecule has 2 aromatic carbocycles. The third-order valence-corrected chi connectivity index (χ3v) is 6.33. The van der Waals surface area contributed by atoms with E-state index in [1.165, 1.54) is 0 Å². The Morgan fingerprint density at radius 2 is 1.69 bits per heavy atom. The summed E-state index contributed by atoms with van der Waals surface area (Å²) in [4.78, 5) is 4.66. The topological polar surface area (TPSA) is 59.1 Å². The monoisotopic (exact) mass is 406 g/mol. The lowest BCUT2D eigenvalue weighted by Crippen LogP contribution is -2.16. The first-order chi connectivity index (χ1) is 12.5. The maximum absolute atomic E-state index is 12.0. The van der Waals surface area contributed by atoms with E-state index in [-0.39, 0.29) is 5.75 Å². The fourth-order valence-corrected chi connectivity index (χ4v) is 4.63. The van der Waals surface area contributed by atoms with Crippen LogP contribution in [0.15, 0.2) is 53.9 Å². The summed E-state index contributed by atoms with van der Waals surface area (Å²) < 4.78 is 26.5. The van der Waals surface area contributed by atoms with Gasteiger partial charge in [0, 0.05) is 27.2 Å². The number of benzene rings is 2. The summed E-state index contributed by atoms with van der Waals surface area (Å²) >= 11 is 7.48. The van der Waals surface area contributed by atoms with E-state index in [9.17, 15) is 8.42 Å². The molecule has 0 aliphatic carbocycles. The summed E-state index contributed by atoms with van der Waals surface area (Å²) in [6.07, 6.45) is 1.50.